The van der Waals surface area contributed by atoms with Gasteiger partial charge in [0.25, 0.3) is 0 Å². The first-order valence-electron chi connectivity index (χ1n) is 10.8. The number of fused-ring (bicyclic) bond motifs is 1. The summed E-state index contributed by atoms with van der Waals surface area (Å²) in [5, 5.41) is 0.811. The van der Waals surface area contributed by atoms with Crippen molar-refractivity contribution in [2.24, 2.45) is 23.2 Å². The van der Waals surface area contributed by atoms with Gasteiger partial charge in [-0.1, -0.05) is 0 Å². The van der Waals surface area contributed by atoms with Crippen LogP contribution in [0.15, 0.2) is 33.5 Å². The van der Waals surface area contributed by atoms with E-state index < -0.39 is 11.6 Å². The van der Waals surface area contributed by atoms with Gasteiger partial charge in [-0.3, -0.25) is 4.79 Å². The van der Waals surface area contributed by atoms with Crippen molar-refractivity contribution in [3.8, 4) is 5.75 Å². The molecule has 6 rings (SSSR count). The van der Waals surface area contributed by atoms with E-state index in [4.69, 9.17) is 13.9 Å². The third-order valence-electron chi connectivity index (χ3n) is 7.27. The number of carbonyl (C=O) groups excluding carboxylic acids is 2. The van der Waals surface area contributed by atoms with Crippen molar-refractivity contribution in [2.75, 3.05) is 13.2 Å². The monoisotopic (exact) mass is 410 g/mol. The summed E-state index contributed by atoms with van der Waals surface area (Å²) < 4.78 is 15.9. The lowest BCUT2D eigenvalue weighted by molar-refractivity contribution is -0.158. The van der Waals surface area contributed by atoms with Crippen molar-refractivity contribution in [1.29, 1.82) is 0 Å². The van der Waals surface area contributed by atoms with E-state index in [-0.39, 0.29) is 24.4 Å². The van der Waals surface area contributed by atoms with Gasteiger partial charge in [-0.15, -0.1) is 0 Å². The predicted octanol–water partition coefficient (Wildman–Crippen LogP) is 3.81. The van der Waals surface area contributed by atoms with E-state index in [0.717, 1.165) is 30.2 Å². The number of hydrogen-bond donors (Lipinski definition) is 0. The molecule has 4 aliphatic carbocycles. The summed E-state index contributed by atoms with van der Waals surface area (Å²) in [6, 6.07) is 6.51. The topological polar surface area (TPSA) is 82.8 Å². The molecule has 1 heterocycles. The lowest BCUT2D eigenvalue weighted by Gasteiger charge is -2.55. The minimum absolute atomic E-state index is 0.0814. The van der Waals surface area contributed by atoms with Gasteiger partial charge >= 0.3 is 11.6 Å². The molecule has 6 nitrogen and oxygen atoms in total. The molecule has 4 saturated carbocycles. The molecule has 0 radical (unpaired) electrons. The lowest BCUT2D eigenvalue weighted by atomic mass is 9.48. The molecule has 2 aromatic rings. The van der Waals surface area contributed by atoms with Gasteiger partial charge in [0, 0.05) is 22.9 Å². The summed E-state index contributed by atoms with van der Waals surface area (Å²) in [4.78, 5) is 36.6. The van der Waals surface area contributed by atoms with Gasteiger partial charge in [0.2, 0.25) is 0 Å². The first-order valence-corrected chi connectivity index (χ1v) is 10.8. The minimum atomic E-state index is -0.570. The average molecular weight is 410 g/mol. The number of carbonyl (C=O) groups is 2. The van der Waals surface area contributed by atoms with E-state index in [0.29, 0.717) is 29.1 Å². The normalized spacial score (nSPS) is 29.2. The third-order valence-corrected chi connectivity index (χ3v) is 7.27. The predicted molar refractivity (Wildman–Crippen MR) is 109 cm³/mol. The second kappa shape index (κ2) is 7.25. The summed E-state index contributed by atoms with van der Waals surface area (Å²) in [5.41, 5.74) is 0.530. The standard InChI is InChI=1S/C24H26O6/c1-14-4-22(26)30-20-8-18(2-3-19(14)20)28-13-23(27)29-12-21(25)24-9-15-5-16(10-24)7-17(6-15)11-24/h2-4,8,15-17H,5-7,9-13H2,1H3. The molecule has 158 valence electrons. The molecule has 0 unspecified atom stereocenters. The molecular formula is C24H26O6. The average Bonchev–Trinajstić information content (AvgIpc) is 2.69. The van der Waals surface area contributed by atoms with E-state index in [1.54, 1.807) is 18.2 Å². The van der Waals surface area contributed by atoms with Crippen molar-refractivity contribution in [3.05, 3.63) is 40.2 Å². The number of rotatable bonds is 6. The molecule has 0 atom stereocenters. The molecule has 0 aliphatic heterocycles. The number of ketones is 1. The van der Waals surface area contributed by atoms with Crippen LogP contribution in [0.2, 0.25) is 0 Å². The molecule has 4 fully saturated rings. The van der Waals surface area contributed by atoms with Crippen molar-refractivity contribution >= 4 is 22.7 Å². The molecule has 1 aromatic carbocycles. The van der Waals surface area contributed by atoms with Crippen LogP contribution in [0.4, 0.5) is 0 Å². The SMILES string of the molecule is Cc1cc(=O)oc2cc(OCC(=O)OCC(=O)C34CC5CC(CC(C5)C3)C4)ccc12. The van der Waals surface area contributed by atoms with Crippen LogP contribution in [-0.2, 0) is 14.3 Å². The maximum Gasteiger partial charge on any atom is 0.344 e. The Morgan fingerprint density at radius 1 is 1.03 bits per heavy atom. The Hall–Kier alpha value is -2.63. The van der Waals surface area contributed by atoms with E-state index in [2.05, 4.69) is 0 Å². The molecule has 4 bridgehead atoms. The molecule has 0 spiro atoms. The Morgan fingerprint density at radius 2 is 1.70 bits per heavy atom. The Labute approximate surface area is 174 Å². The van der Waals surface area contributed by atoms with Crippen LogP contribution in [0.3, 0.4) is 0 Å². The van der Waals surface area contributed by atoms with E-state index in [9.17, 15) is 14.4 Å². The van der Waals surface area contributed by atoms with Gasteiger partial charge in [0.05, 0.1) is 0 Å². The van der Waals surface area contributed by atoms with Gasteiger partial charge in [0.15, 0.2) is 19.0 Å². The highest BCUT2D eigenvalue weighted by Crippen LogP contribution is 2.60. The van der Waals surface area contributed by atoms with E-state index >= 15 is 0 Å². The third kappa shape index (κ3) is 3.53. The maximum atomic E-state index is 12.9. The first kappa shape index (κ1) is 19.3. The van der Waals surface area contributed by atoms with Crippen molar-refractivity contribution in [1.82, 2.24) is 0 Å². The van der Waals surface area contributed by atoms with Gasteiger partial charge in [-0.25, -0.2) is 9.59 Å². The van der Waals surface area contributed by atoms with Crippen molar-refractivity contribution in [3.63, 3.8) is 0 Å². The maximum absolute atomic E-state index is 12.9. The van der Waals surface area contributed by atoms with Crippen LogP contribution in [0.25, 0.3) is 11.0 Å². The van der Waals surface area contributed by atoms with Crippen LogP contribution in [-0.4, -0.2) is 25.0 Å². The summed E-state index contributed by atoms with van der Waals surface area (Å²) in [6.07, 6.45) is 6.71. The number of esters is 1. The van der Waals surface area contributed by atoms with Crippen molar-refractivity contribution in [2.45, 2.75) is 45.4 Å². The van der Waals surface area contributed by atoms with Crippen molar-refractivity contribution < 1.29 is 23.5 Å². The van der Waals surface area contributed by atoms with Gasteiger partial charge < -0.3 is 13.9 Å². The minimum Gasteiger partial charge on any atom is -0.482 e. The molecule has 4 aliphatic rings. The molecule has 0 N–H and O–H groups in total. The zero-order valence-electron chi connectivity index (χ0n) is 17.1. The molecular weight excluding hydrogens is 384 g/mol. The number of aryl methyl sites for hydroxylation is 1. The smallest absolute Gasteiger partial charge is 0.344 e. The summed E-state index contributed by atoms with van der Waals surface area (Å²) in [6.45, 7) is 1.37. The van der Waals surface area contributed by atoms with Crippen LogP contribution in [0.1, 0.15) is 44.1 Å². The van der Waals surface area contributed by atoms with Crippen LogP contribution in [0, 0.1) is 30.1 Å². The number of Topliss-reactive ketones (excluding diaryl/α,β-unsaturated/α-hetero) is 1. The highest BCUT2D eigenvalue weighted by atomic mass is 16.6. The number of benzene rings is 1. The van der Waals surface area contributed by atoms with Gasteiger partial charge in [-0.05, 0) is 80.9 Å². The molecule has 30 heavy (non-hydrogen) atoms. The lowest BCUT2D eigenvalue weighted by Crippen LogP contribution is -2.51. The highest BCUT2D eigenvalue weighted by Gasteiger charge is 2.54. The number of ether oxygens (including phenoxy) is 2. The largest absolute Gasteiger partial charge is 0.482 e. The summed E-state index contributed by atoms with van der Waals surface area (Å²) in [7, 11) is 0. The fourth-order valence-electron chi connectivity index (χ4n) is 6.33. The van der Waals surface area contributed by atoms with Crippen LogP contribution >= 0.6 is 0 Å². The second-order valence-electron chi connectivity index (χ2n) is 9.48. The molecule has 0 saturated heterocycles. The Kier molecular flexibility index (Phi) is 4.68. The number of hydrogen-bond acceptors (Lipinski definition) is 6. The highest BCUT2D eigenvalue weighted by molar-refractivity contribution is 5.88. The van der Waals surface area contributed by atoms with Crippen LogP contribution in [0.5, 0.6) is 5.75 Å². The quantitative estimate of drug-likeness (QED) is 0.532. The summed E-state index contributed by atoms with van der Waals surface area (Å²) >= 11 is 0. The Bertz CT molecular complexity index is 1030. The fourth-order valence-corrected chi connectivity index (χ4v) is 6.33. The zero-order chi connectivity index (χ0) is 20.9. The van der Waals surface area contributed by atoms with Gasteiger partial charge in [-0.2, -0.15) is 0 Å². The Morgan fingerprint density at radius 3 is 2.37 bits per heavy atom. The Balaban J connectivity index is 1.17. The van der Waals surface area contributed by atoms with E-state index in [1.807, 2.05) is 6.92 Å². The van der Waals surface area contributed by atoms with E-state index in [1.165, 1.54) is 25.3 Å². The molecule has 0 amide bonds. The van der Waals surface area contributed by atoms with Crippen LogP contribution < -0.4 is 10.4 Å². The second-order valence-corrected chi connectivity index (χ2v) is 9.48. The molecule has 1 aromatic heterocycles. The first-order chi connectivity index (χ1) is 14.4. The zero-order valence-corrected chi connectivity index (χ0v) is 17.1. The van der Waals surface area contributed by atoms with Gasteiger partial charge in [0.1, 0.15) is 11.3 Å². The fraction of sp³-hybridized carbons (Fsp3) is 0.542. The molecule has 6 heteroatoms. The summed E-state index contributed by atoms with van der Waals surface area (Å²) in [5.74, 6) is 1.94.